The molecule has 1 aromatic carbocycles. The largest absolute Gasteiger partial charge is 0.491 e. The van der Waals surface area contributed by atoms with Gasteiger partial charge in [0.05, 0.1) is 6.10 Å². The highest BCUT2D eigenvalue weighted by atomic mass is 35.5. The number of nitrogens with zero attached hydrogens (tertiary/aromatic N) is 1. The van der Waals surface area contributed by atoms with E-state index in [0.717, 1.165) is 18.6 Å². The molecular formula is C17H26ClNO2. The molecule has 21 heavy (non-hydrogen) atoms. The number of carbonyl (C=O) groups is 1. The zero-order valence-corrected chi connectivity index (χ0v) is 14.2. The van der Waals surface area contributed by atoms with Crippen LogP contribution in [-0.4, -0.2) is 35.4 Å². The summed E-state index contributed by atoms with van der Waals surface area (Å²) in [6, 6.07) is 7.58. The fourth-order valence-corrected chi connectivity index (χ4v) is 2.57. The third kappa shape index (κ3) is 5.24. The van der Waals surface area contributed by atoms with Crippen LogP contribution in [-0.2, 0) is 0 Å². The molecule has 1 aromatic rings. The van der Waals surface area contributed by atoms with Gasteiger partial charge in [-0.1, -0.05) is 13.8 Å². The molecule has 0 radical (unpaired) electrons. The number of ether oxygens (including phenoxy) is 1. The summed E-state index contributed by atoms with van der Waals surface area (Å²) >= 11 is 5.85. The molecule has 1 rings (SSSR count). The van der Waals surface area contributed by atoms with E-state index < -0.39 is 0 Å². The Bertz CT molecular complexity index is 427. The highest BCUT2D eigenvalue weighted by Gasteiger charge is 2.21. The zero-order chi connectivity index (χ0) is 15.8. The van der Waals surface area contributed by atoms with Gasteiger partial charge in [0.25, 0.3) is 5.91 Å². The molecule has 4 heteroatoms. The summed E-state index contributed by atoms with van der Waals surface area (Å²) in [5.41, 5.74) is 0.683. The van der Waals surface area contributed by atoms with Gasteiger partial charge in [-0.25, -0.2) is 0 Å². The maximum atomic E-state index is 12.7. The first-order chi connectivity index (χ1) is 10.0. The second-order valence-electron chi connectivity index (χ2n) is 5.35. The van der Waals surface area contributed by atoms with E-state index in [1.807, 2.05) is 43.0 Å². The minimum atomic E-state index is 0.0421. The highest BCUT2D eigenvalue weighted by molar-refractivity contribution is 6.18. The summed E-state index contributed by atoms with van der Waals surface area (Å²) in [4.78, 5) is 14.5. The molecule has 0 aliphatic carbocycles. The van der Waals surface area contributed by atoms with E-state index in [4.69, 9.17) is 16.3 Å². The first kappa shape index (κ1) is 17.8. The lowest BCUT2D eigenvalue weighted by Gasteiger charge is -2.30. The van der Waals surface area contributed by atoms with Crippen LogP contribution in [0.4, 0.5) is 0 Å². The Morgan fingerprint density at radius 2 is 1.76 bits per heavy atom. The smallest absolute Gasteiger partial charge is 0.254 e. The van der Waals surface area contributed by atoms with E-state index in [1.54, 1.807) is 0 Å². The fraction of sp³-hybridized carbons (Fsp3) is 0.588. The third-order valence-corrected chi connectivity index (χ3v) is 3.61. The molecule has 0 unspecified atom stereocenters. The number of halogens is 1. The first-order valence-electron chi connectivity index (χ1n) is 7.67. The Morgan fingerprint density at radius 1 is 1.19 bits per heavy atom. The number of hydrogen-bond acceptors (Lipinski definition) is 2. The molecule has 0 bridgehead atoms. The number of benzene rings is 1. The second kappa shape index (κ2) is 8.93. The normalized spacial score (nSPS) is 11.0. The van der Waals surface area contributed by atoms with Crippen LogP contribution in [0.25, 0.3) is 0 Å². The molecule has 118 valence electrons. The van der Waals surface area contributed by atoms with Gasteiger partial charge in [0, 0.05) is 24.0 Å². The Labute approximate surface area is 133 Å². The van der Waals surface area contributed by atoms with Crippen LogP contribution in [0.5, 0.6) is 5.75 Å². The highest BCUT2D eigenvalue weighted by Crippen LogP contribution is 2.18. The number of carbonyl (C=O) groups excluding carboxylic acids is 1. The van der Waals surface area contributed by atoms with Gasteiger partial charge < -0.3 is 9.64 Å². The monoisotopic (exact) mass is 311 g/mol. The van der Waals surface area contributed by atoms with Gasteiger partial charge in [-0.05, 0) is 51.0 Å². The Hall–Kier alpha value is -1.22. The van der Waals surface area contributed by atoms with Crippen molar-refractivity contribution in [2.24, 2.45) is 0 Å². The second-order valence-corrected chi connectivity index (χ2v) is 5.73. The SMILES string of the molecule is CCC(CC)N(CCCl)C(=O)c1ccc(OC(C)C)cc1. The van der Waals surface area contributed by atoms with Gasteiger partial charge in [-0.15, -0.1) is 11.6 Å². The number of alkyl halides is 1. The molecule has 0 saturated carbocycles. The van der Waals surface area contributed by atoms with Crippen LogP contribution in [0.15, 0.2) is 24.3 Å². The van der Waals surface area contributed by atoms with Crippen molar-refractivity contribution in [3.63, 3.8) is 0 Å². The Kier molecular flexibility index (Phi) is 7.58. The quantitative estimate of drug-likeness (QED) is 0.668. The Morgan fingerprint density at radius 3 is 2.19 bits per heavy atom. The summed E-state index contributed by atoms with van der Waals surface area (Å²) in [5, 5.41) is 0. The van der Waals surface area contributed by atoms with E-state index in [0.29, 0.717) is 18.0 Å². The average molecular weight is 312 g/mol. The first-order valence-corrected chi connectivity index (χ1v) is 8.20. The molecule has 0 heterocycles. The van der Waals surface area contributed by atoms with Crippen LogP contribution < -0.4 is 4.74 Å². The topological polar surface area (TPSA) is 29.5 Å². The lowest BCUT2D eigenvalue weighted by atomic mass is 10.1. The van der Waals surface area contributed by atoms with Crippen molar-refractivity contribution in [2.75, 3.05) is 12.4 Å². The van der Waals surface area contributed by atoms with E-state index >= 15 is 0 Å². The van der Waals surface area contributed by atoms with Crippen molar-refractivity contribution < 1.29 is 9.53 Å². The lowest BCUT2D eigenvalue weighted by molar-refractivity contribution is 0.0681. The van der Waals surface area contributed by atoms with Crippen LogP contribution >= 0.6 is 11.6 Å². The molecule has 0 aromatic heterocycles. The van der Waals surface area contributed by atoms with E-state index in [1.165, 1.54) is 0 Å². The number of rotatable bonds is 8. The maximum absolute atomic E-state index is 12.7. The predicted octanol–water partition coefficient (Wildman–Crippen LogP) is 4.34. The van der Waals surface area contributed by atoms with Crippen LogP contribution in [0, 0.1) is 0 Å². The summed E-state index contributed by atoms with van der Waals surface area (Å²) in [6.07, 6.45) is 2.00. The van der Waals surface area contributed by atoms with Crippen molar-refractivity contribution >= 4 is 17.5 Å². The lowest BCUT2D eigenvalue weighted by Crippen LogP contribution is -2.41. The molecule has 0 atom stereocenters. The average Bonchev–Trinajstić information content (AvgIpc) is 2.47. The van der Waals surface area contributed by atoms with Crippen LogP contribution in [0.2, 0.25) is 0 Å². The van der Waals surface area contributed by atoms with E-state index in [2.05, 4.69) is 13.8 Å². The standard InChI is InChI=1S/C17H26ClNO2/c1-5-15(6-2)19(12-11-18)17(20)14-7-9-16(10-8-14)21-13(3)4/h7-10,13,15H,5-6,11-12H2,1-4H3. The fourth-order valence-electron chi connectivity index (χ4n) is 2.38. The van der Waals surface area contributed by atoms with E-state index in [9.17, 15) is 4.79 Å². The van der Waals surface area contributed by atoms with Crippen LogP contribution in [0.1, 0.15) is 50.9 Å². The maximum Gasteiger partial charge on any atom is 0.254 e. The molecule has 1 amide bonds. The summed E-state index contributed by atoms with van der Waals surface area (Å²) < 4.78 is 5.60. The Balaban J connectivity index is 2.88. The molecule has 0 saturated heterocycles. The summed E-state index contributed by atoms with van der Waals surface area (Å²) in [7, 11) is 0. The van der Waals surface area contributed by atoms with Gasteiger partial charge in [0.1, 0.15) is 5.75 Å². The van der Waals surface area contributed by atoms with Crippen molar-refractivity contribution in [1.82, 2.24) is 4.90 Å². The summed E-state index contributed by atoms with van der Waals surface area (Å²) in [5.74, 6) is 1.28. The number of amides is 1. The van der Waals surface area contributed by atoms with Gasteiger partial charge in [-0.3, -0.25) is 4.79 Å². The minimum absolute atomic E-state index is 0.0421. The van der Waals surface area contributed by atoms with E-state index in [-0.39, 0.29) is 18.1 Å². The molecular weight excluding hydrogens is 286 g/mol. The van der Waals surface area contributed by atoms with Gasteiger partial charge in [0.15, 0.2) is 0 Å². The molecule has 0 N–H and O–H groups in total. The summed E-state index contributed by atoms with van der Waals surface area (Å²) in [6.45, 7) is 8.74. The predicted molar refractivity (Wildman–Crippen MR) is 88.3 cm³/mol. The minimum Gasteiger partial charge on any atom is -0.491 e. The van der Waals surface area contributed by atoms with Crippen molar-refractivity contribution in [2.45, 2.75) is 52.7 Å². The van der Waals surface area contributed by atoms with Gasteiger partial charge in [0.2, 0.25) is 0 Å². The van der Waals surface area contributed by atoms with Crippen LogP contribution in [0.3, 0.4) is 0 Å². The molecule has 0 aliphatic rings. The van der Waals surface area contributed by atoms with Gasteiger partial charge in [-0.2, -0.15) is 0 Å². The molecule has 0 spiro atoms. The zero-order valence-electron chi connectivity index (χ0n) is 13.4. The van der Waals surface area contributed by atoms with Crippen molar-refractivity contribution in [1.29, 1.82) is 0 Å². The van der Waals surface area contributed by atoms with Gasteiger partial charge >= 0.3 is 0 Å². The third-order valence-electron chi connectivity index (χ3n) is 3.44. The van der Waals surface area contributed by atoms with Crippen molar-refractivity contribution in [3.05, 3.63) is 29.8 Å². The molecule has 3 nitrogen and oxygen atoms in total. The molecule has 0 fully saturated rings. The molecule has 0 aliphatic heterocycles. The number of hydrogen-bond donors (Lipinski definition) is 0. The van der Waals surface area contributed by atoms with Crippen molar-refractivity contribution in [3.8, 4) is 5.75 Å².